The van der Waals surface area contributed by atoms with Crippen LogP contribution < -0.4 is 0 Å². The van der Waals surface area contributed by atoms with Crippen molar-refractivity contribution in [3.63, 3.8) is 0 Å². The number of alkyl halides is 3. The first-order valence-corrected chi connectivity index (χ1v) is 9.05. The first kappa shape index (κ1) is 21.1. The molecule has 1 aromatic rings. The minimum absolute atomic E-state index is 0.0535. The quantitative estimate of drug-likeness (QED) is 0.710. The SMILES string of the molecule is COC(=O)[C@@H]1CC(=O)N(OC)C12CCN(C(=O)c1cccc(C(F)(F)F)c1)CC2. The highest BCUT2D eigenvalue weighted by Crippen LogP contribution is 2.44. The zero-order valence-electron chi connectivity index (χ0n) is 16.0. The van der Waals surface area contributed by atoms with Crippen LogP contribution in [-0.2, 0) is 25.3 Å². The molecule has 2 saturated heterocycles. The van der Waals surface area contributed by atoms with Gasteiger partial charge in [-0.1, -0.05) is 6.07 Å². The van der Waals surface area contributed by atoms with Crippen molar-refractivity contribution >= 4 is 17.8 Å². The number of nitrogens with zero attached hydrogens (tertiary/aromatic N) is 2. The summed E-state index contributed by atoms with van der Waals surface area (Å²) in [5.41, 5.74) is -1.90. The van der Waals surface area contributed by atoms with E-state index in [1.54, 1.807) is 0 Å². The molecule has 2 aliphatic heterocycles. The molecule has 3 rings (SSSR count). The Kier molecular flexibility index (Phi) is 5.57. The molecule has 158 valence electrons. The Morgan fingerprint density at radius 2 is 1.83 bits per heavy atom. The van der Waals surface area contributed by atoms with E-state index in [-0.39, 0.29) is 43.8 Å². The lowest BCUT2D eigenvalue weighted by Gasteiger charge is -2.45. The summed E-state index contributed by atoms with van der Waals surface area (Å²) in [5, 5.41) is 1.18. The van der Waals surface area contributed by atoms with Gasteiger partial charge in [0.2, 0.25) is 5.91 Å². The average Bonchev–Trinajstić information content (AvgIpc) is 2.97. The normalized spacial score (nSPS) is 21.6. The van der Waals surface area contributed by atoms with Gasteiger partial charge in [0.25, 0.3) is 5.91 Å². The van der Waals surface area contributed by atoms with E-state index in [1.165, 1.54) is 36.3 Å². The van der Waals surface area contributed by atoms with Crippen LogP contribution in [0.4, 0.5) is 13.2 Å². The zero-order valence-corrected chi connectivity index (χ0v) is 16.0. The van der Waals surface area contributed by atoms with E-state index in [4.69, 9.17) is 9.57 Å². The largest absolute Gasteiger partial charge is 0.469 e. The van der Waals surface area contributed by atoms with Gasteiger partial charge in [-0.2, -0.15) is 13.2 Å². The number of ether oxygens (including phenoxy) is 1. The average molecular weight is 414 g/mol. The number of esters is 1. The molecule has 0 unspecified atom stereocenters. The summed E-state index contributed by atoms with van der Waals surface area (Å²) in [7, 11) is 2.57. The van der Waals surface area contributed by atoms with Gasteiger partial charge in [0.15, 0.2) is 0 Å². The molecular weight excluding hydrogens is 393 g/mol. The number of rotatable bonds is 3. The lowest BCUT2D eigenvalue weighted by atomic mass is 9.77. The van der Waals surface area contributed by atoms with Crippen LogP contribution in [-0.4, -0.2) is 60.6 Å². The van der Waals surface area contributed by atoms with E-state index in [0.717, 1.165) is 12.1 Å². The first-order chi connectivity index (χ1) is 13.6. The van der Waals surface area contributed by atoms with Crippen LogP contribution in [0.2, 0.25) is 0 Å². The minimum atomic E-state index is -4.54. The highest BCUT2D eigenvalue weighted by Gasteiger charge is 2.58. The van der Waals surface area contributed by atoms with Crippen molar-refractivity contribution < 1.29 is 37.1 Å². The number of hydroxylamine groups is 2. The van der Waals surface area contributed by atoms with Gasteiger partial charge in [-0.3, -0.25) is 19.2 Å². The van der Waals surface area contributed by atoms with Gasteiger partial charge in [-0.05, 0) is 31.0 Å². The maximum atomic E-state index is 12.9. The first-order valence-electron chi connectivity index (χ1n) is 9.05. The topological polar surface area (TPSA) is 76.2 Å². The Hall–Kier alpha value is -2.62. The van der Waals surface area contributed by atoms with Crippen LogP contribution in [0.1, 0.15) is 35.2 Å². The Labute approximate surface area is 165 Å². The number of likely N-dealkylation sites (tertiary alicyclic amines) is 1. The smallest absolute Gasteiger partial charge is 0.416 e. The third-order valence-electron chi connectivity index (χ3n) is 5.68. The molecule has 0 aliphatic carbocycles. The second-order valence-electron chi connectivity index (χ2n) is 7.12. The van der Waals surface area contributed by atoms with Crippen molar-refractivity contribution in [2.45, 2.75) is 31.0 Å². The van der Waals surface area contributed by atoms with E-state index >= 15 is 0 Å². The van der Waals surface area contributed by atoms with Gasteiger partial charge in [0, 0.05) is 25.1 Å². The van der Waals surface area contributed by atoms with Crippen molar-refractivity contribution in [1.29, 1.82) is 0 Å². The summed E-state index contributed by atoms with van der Waals surface area (Å²) >= 11 is 0. The predicted molar refractivity (Wildman–Crippen MR) is 93.3 cm³/mol. The molecule has 10 heteroatoms. The molecule has 2 amide bonds. The van der Waals surface area contributed by atoms with E-state index in [9.17, 15) is 27.6 Å². The van der Waals surface area contributed by atoms with E-state index in [1.807, 2.05) is 0 Å². The molecule has 2 heterocycles. The molecule has 29 heavy (non-hydrogen) atoms. The summed E-state index contributed by atoms with van der Waals surface area (Å²) in [6.45, 7) is 0.325. The van der Waals surface area contributed by atoms with Crippen LogP contribution >= 0.6 is 0 Å². The number of amides is 2. The zero-order chi connectivity index (χ0) is 21.4. The molecule has 0 N–H and O–H groups in total. The third-order valence-corrected chi connectivity index (χ3v) is 5.68. The second kappa shape index (κ2) is 7.66. The molecule has 0 radical (unpaired) electrons. The minimum Gasteiger partial charge on any atom is -0.469 e. The van der Waals surface area contributed by atoms with Crippen LogP contribution in [0.25, 0.3) is 0 Å². The lowest BCUT2D eigenvalue weighted by molar-refractivity contribution is -0.209. The Balaban J connectivity index is 1.79. The fraction of sp³-hybridized carbons (Fsp3) is 0.526. The van der Waals surface area contributed by atoms with Crippen molar-refractivity contribution in [2.75, 3.05) is 27.3 Å². The van der Waals surface area contributed by atoms with E-state index in [2.05, 4.69) is 0 Å². The summed E-state index contributed by atoms with van der Waals surface area (Å²) in [4.78, 5) is 43.9. The number of carbonyl (C=O) groups is 3. The molecule has 7 nitrogen and oxygen atoms in total. The summed E-state index contributed by atoms with van der Waals surface area (Å²) in [5.74, 6) is -2.14. The number of piperidine rings is 1. The third kappa shape index (κ3) is 3.68. The number of hydrogen-bond acceptors (Lipinski definition) is 5. The van der Waals surface area contributed by atoms with Gasteiger partial charge in [-0.25, -0.2) is 5.06 Å². The Morgan fingerprint density at radius 3 is 2.38 bits per heavy atom. The predicted octanol–water partition coefficient (Wildman–Crippen LogP) is 2.26. The fourth-order valence-electron chi connectivity index (χ4n) is 4.23. The van der Waals surface area contributed by atoms with Crippen LogP contribution in [0.3, 0.4) is 0 Å². The number of methoxy groups -OCH3 is 1. The van der Waals surface area contributed by atoms with Crippen molar-refractivity contribution in [3.8, 4) is 0 Å². The number of benzene rings is 1. The summed E-state index contributed by atoms with van der Waals surface area (Å²) < 4.78 is 43.6. The summed E-state index contributed by atoms with van der Waals surface area (Å²) in [6.07, 6.45) is -4.10. The summed E-state index contributed by atoms with van der Waals surface area (Å²) in [6, 6.07) is 4.25. The maximum Gasteiger partial charge on any atom is 0.416 e. The molecule has 2 fully saturated rings. The molecule has 0 saturated carbocycles. The van der Waals surface area contributed by atoms with E-state index < -0.39 is 35.1 Å². The van der Waals surface area contributed by atoms with Crippen molar-refractivity contribution in [2.24, 2.45) is 5.92 Å². The monoisotopic (exact) mass is 414 g/mol. The van der Waals surface area contributed by atoms with Gasteiger partial charge >= 0.3 is 12.1 Å². The number of carbonyl (C=O) groups excluding carboxylic acids is 3. The molecule has 0 aromatic heterocycles. The highest BCUT2D eigenvalue weighted by atomic mass is 19.4. The Morgan fingerprint density at radius 1 is 1.17 bits per heavy atom. The molecule has 2 aliphatic rings. The molecular formula is C19H21F3N2O5. The van der Waals surface area contributed by atoms with Crippen molar-refractivity contribution in [1.82, 2.24) is 9.96 Å². The maximum absolute atomic E-state index is 12.9. The van der Waals surface area contributed by atoms with Crippen LogP contribution in [0, 0.1) is 5.92 Å². The van der Waals surface area contributed by atoms with Gasteiger partial charge in [-0.15, -0.1) is 0 Å². The fourth-order valence-corrected chi connectivity index (χ4v) is 4.23. The second-order valence-corrected chi connectivity index (χ2v) is 7.12. The number of halogens is 3. The van der Waals surface area contributed by atoms with Gasteiger partial charge < -0.3 is 9.64 Å². The van der Waals surface area contributed by atoms with Gasteiger partial charge in [0.1, 0.15) is 0 Å². The van der Waals surface area contributed by atoms with Crippen LogP contribution in [0.15, 0.2) is 24.3 Å². The molecule has 0 bridgehead atoms. The Bertz CT molecular complexity index is 816. The lowest BCUT2D eigenvalue weighted by Crippen LogP contribution is -2.57. The van der Waals surface area contributed by atoms with Crippen LogP contribution in [0.5, 0.6) is 0 Å². The highest BCUT2D eigenvalue weighted by molar-refractivity contribution is 5.94. The molecule has 1 spiro atoms. The number of hydrogen-bond donors (Lipinski definition) is 0. The molecule has 1 aromatic carbocycles. The van der Waals surface area contributed by atoms with E-state index in [0.29, 0.717) is 0 Å². The molecule has 1 atom stereocenters. The van der Waals surface area contributed by atoms with Crippen molar-refractivity contribution in [3.05, 3.63) is 35.4 Å². The van der Waals surface area contributed by atoms with Gasteiger partial charge in [0.05, 0.1) is 31.2 Å². The standard InChI is InChI=1S/C19H21F3N2O5/c1-28-17(27)14-11-15(25)24(29-2)18(14)6-8-23(9-7-18)16(26)12-4-3-5-13(10-12)19(20,21)22/h3-5,10,14H,6-9,11H2,1-2H3/t14-/m0/s1.